The van der Waals surface area contributed by atoms with Gasteiger partial charge in [-0.25, -0.2) is 0 Å². The highest BCUT2D eigenvalue weighted by atomic mass is 32.1. The molecule has 0 bridgehead atoms. The molecule has 72 valence electrons. The van der Waals surface area contributed by atoms with Crippen LogP contribution in [0.3, 0.4) is 0 Å². The van der Waals surface area contributed by atoms with Crippen molar-refractivity contribution in [3.05, 3.63) is 21.9 Å². The Morgan fingerprint density at radius 1 is 1.31 bits per heavy atom. The minimum Gasteiger partial charge on any atom is -0.393 e. The second kappa shape index (κ2) is 3.81. The van der Waals surface area contributed by atoms with Crippen molar-refractivity contribution in [2.24, 2.45) is 0 Å². The van der Waals surface area contributed by atoms with Crippen LogP contribution in [0.25, 0.3) is 0 Å². The maximum atomic E-state index is 9.40. The number of aryl methyl sites for hydroxylation is 1. The lowest BCUT2D eigenvalue weighted by molar-refractivity contribution is 0.123. The van der Waals surface area contributed by atoms with Crippen LogP contribution < -0.4 is 0 Å². The fourth-order valence-electron chi connectivity index (χ4n) is 2.14. The third-order valence-electron chi connectivity index (χ3n) is 2.97. The van der Waals surface area contributed by atoms with E-state index in [-0.39, 0.29) is 6.10 Å². The summed E-state index contributed by atoms with van der Waals surface area (Å²) in [7, 11) is 0. The molecule has 0 atom stereocenters. The second-order valence-electron chi connectivity index (χ2n) is 3.97. The zero-order valence-corrected chi connectivity index (χ0v) is 8.81. The van der Waals surface area contributed by atoms with Gasteiger partial charge in [-0.1, -0.05) is 0 Å². The molecular weight excluding hydrogens is 180 g/mol. The smallest absolute Gasteiger partial charge is 0.0540 e. The van der Waals surface area contributed by atoms with Crippen LogP contribution in [0.15, 0.2) is 11.4 Å². The van der Waals surface area contributed by atoms with Gasteiger partial charge in [-0.05, 0) is 55.5 Å². The average molecular weight is 196 g/mol. The molecule has 1 aliphatic carbocycles. The number of hydrogen-bond donors (Lipinski definition) is 1. The summed E-state index contributed by atoms with van der Waals surface area (Å²) in [6.07, 6.45) is 4.28. The highest BCUT2D eigenvalue weighted by molar-refractivity contribution is 7.10. The number of thiophene rings is 1. The average Bonchev–Trinajstić information content (AvgIpc) is 2.53. The molecule has 0 saturated heterocycles. The van der Waals surface area contributed by atoms with E-state index in [0.717, 1.165) is 18.8 Å². The minimum atomic E-state index is -0.0310. The van der Waals surface area contributed by atoms with Crippen LogP contribution >= 0.6 is 11.3 Å². The molecule has 2 rings (SSSR count). The van der Waals surface area contributed by atoms with Crippen molar-refractivity contribution in [3.63, 3.8) is 0 Å². The van der Waals surface area contributed by atoms with E-state index in [1.165, 1.54) is 18.4 Å². The summed E-state index contributed by atoms with van der Waals surface area (Å²) >= 11 is 1.88. The van der Waals surface area contributed by atoms with Crippen molar-refractivity contribution in [3.8, 4) is 0 Å². The van der Waals surface area contributed by atoms with Gasteiger partial charge in [-0.15, -0.1) is 11.3 Å². The van der Waals surface area contributed by atoms with Gasteiger partial charge in [0.1, 0.15) is 0 Å². The minimum absolute atomic E-state index is 0.0310. The molecular formula is C11H16OS. The van der Waals surface area contributed by atoms with E-state index in [4.69, 9.17) is 0 Å². The van der Waals surface area contributed by atoms with Gasteiger partial charge in [0.05, 0.1) is 6.10 Å². The third kappa shape index (κ3) is 1.94. The van der Waals surface area contributed by atoms with E-state index >= 15 is 0 Å². The SMILES string of the molecule is Cc1ccsc1C1CCC(O)CC1. The maximum absolute atomic E-state index is 9.40. The molecule has 1 fully saturated rings. The summed E-state index contributed by atoms with van der Waals surface area (Å²) in [6.45, 7) is 2.19. The first-order valence-electron chi connectivity index (χ1n) is 4.99. The van der Waals surface area contributed by atoms with E-state index in [0.29, 0.717) is 0 Å². The van der Waals surface area contributed by atoms with E-state index in [9.17, 15) is 5.11 Å². The zero-order valence-electron chi connectivity index (χ0n) is 7.99. The van der Waals surface area contributed by atoms with Crippen molar-refractivity contribution < 1.29 is 5.11 Å². The molecule has 0 aliphatic heterocycles. The van der Waals surface area contributed by atoms with Crippen molar-refractivity contribution in [2.45, 2.75) is 44.6 Å². The molecule has 0 unspecified atom stereocenters. The fourth-order valence-corrected chi connectivity index (χ4v) is 3.24. The highest BCUT2D eigenvalue weighted by Gasteiger charge is 2.22. The van der Waals surface area contributed by atoms with Gasteiger partial charge in [0, 0.05) is 4.88 Å². The van der Waals surface area contributed by atoms with Crippen molar-refractivity contribution in [2.75, 3.05) is 0 Å². The Bertz CT molecular complexity index is 271. The Labute approximate surface area is 83.4 Å². The number of aliphatic hydroxyl groups is 1. The van der Waals surface area contributed by atoms with Gasteiger partial charge in [0.25, 0.3) is 0 Å². The number of hydrogen-bond acceptors (Lipinski definition) is 2. The molecule has 0 aromatic carbocycles. The standard InChI is InChI=1S/C11H16OS/c1-8-6-7-13-11(8)9-2-4-10(12)5-3-9/h6-7,9-10,12H,2-5H2,1H3. The van der Waals surface area contributed by atoms with Crippen molar-refractivity contribution in [1.82, 2.24) is 0 Å². The summed E-state index contributed by atoms with van der Waals surface area (Å²) in [5.41, 5.74) is 1.44. The van der Waals surface area contributed by atoms with E-state index < -0.39 is 0 Å². The first-order valence-corrected chi connectivity index (χ1v) is 5.87. The molecule has 0 radical (unpaired) electrons. The van der Waals surface area contributed by atoms with Crippen LogP contribution in [-0.2, 0) is 0 Å². The highest BCUT2D eigenvalue weighted by Crippen LogP contribution is 2.36. The molecule has 1 heterocycles. The molecule has 0 spiro atoms. The van der Waals surface area contributed by atoms with Crippen LogP contribution in [0.5, 0.6) is 0 Å². The summed E-state index contributed by atoms with van der Waals surface area (Å²) < 4.78 is 0. The number of rotatable bonds is 1. The summed E-state index contributed by atoms with van der Waals surface area (Å²) in [5.74, 6) is 0.725. The lowest BCUT2D eigenvalue weighted by Crippen LogP contribution is -2.16. The van der Waals surface area contributed by atoms with Crippen LogP contribution in [0, 0.1) is 6.92 Å². The Balaban J connectivity index is 2.06. The van der Waals surface area contributed by atoms with Gasteiger partial charge >= 0.3 is 0 Å². The van der Waals surface area contributed by atoms with Gasteiger partial charge in [-0.2, -0.15) is 0 Å². The predicted octanol–water partition coefficient (Wildman–Crippen LogP) is 3.08. The quantitative estimate of drug-likeness (QED) is 0.732. The van der Waals surface area contributed by atoms with Gasteiger partial charge < -0.3 is 5.11 Å². The molecule has 1 nitrogen and oxygen atoms in total. The van der Waals surface area contributed by atoms with E-state index in [1.54, 1.807) is 4.88 Å². The topological polar surface area (TPSA) is 20.2 Å². The molecule has 1 saturated carbocycles. The molecule has 1 aromatic rings. The summed E-state index contributed by atoms with van der Waals surface area (Å²) in [5, 5.41) is 11.6. The predicted molar refractivity (Wildman–Crippen MR) is 56.3 cm³/mol. The van der Waals surface area contributed by atoms with Crippen molar-refractivity contribution >= 4 is 11.3 Å². The molecule has 13 heavy (non-hydrogen) atoms. The van der Waals surface area contributed by atoms with Crippen molar-refractivity contribution in [1.29, 1.82) is 0 Å². The van der Waals surface area contributed by atoms with Gasteiger partial charge in [0.15, 0.2) is 0 Å². The van der Waals surface area contributed by atoms with Gasteiger partial charge in [-0.3, -0.25) is 0 Å². The second-order valence-corrected chi connectivity index (χ2v) is 4.92. The Hall–Kier alpha value is -0.340. The van der Waals surface area contributed by atoms with Crippen LogP contribution in [0.2, 0.25) is 0 Å². The molecule has 0 amide bonds. The largest absolute Gasteiger partial charge is 0.393 e. The Morgan fingerprint density at radius 2 is 2.00 bits per heavy atom. The first kappa shape index (κ1) is 9.22. The maximum Gasteiger partial charge on any atom is 0.0540 e. The molecule has 1 N–H and O–H groups in total. The first-order chi connectivity index (χ1) is 6.27. The lowest BCUT2D eigenvalue weighted by Gasteiger charge is -2.25. The van der Waals surface area contributed by atoms with E-state index in [2.05, 4.69) is 18.4 Å². The zero-order chi connectivity index (χ0) is 9.26. The van der Waals surface area contributed by atoms with Gasteiger partial charge in [0.2, 0.25) is 0 Å². The monoisotopic (exact) mass is 196 g/mol. The summed E-state index contributed by atoms with van der Waals surface area (Å²) in [4.78, 5) is 1.55. The summed E-state index contributed by atoms with van der Waals surface area (Å²) in [6, 6.07) is 2.20. The fraction of sp³-hybridized carbons (Fsp3) is 0.636. The van der Waals surface area contributed by atoms with E-state index in [1.807, 2.05) is 11.3 Å². The normalized spacial score (nSPS) is 29.1. The third-order valence-corrected chi connectivity index (χ3v) is 4.15. The lowest BCUT2D eigenvalue weighted by atomic mass is 9.85. The molecule has 2 heteroatoms. The van der Waals surface area contributed by atoms with Crippen LogP contribution in [0.1, 0.15) is 42.0 Å². The van der Waals surface area contributed by atoms with Crippen LogP contribution in [-0.4, -0.2) is 11.2 Å². The van der Waals surface area contributed by atoms with Crippen LogP contribution in [0.4, 0.5) is 0 Å². The molecule has 1 aliphatic rings. The Kier molecular flexibility index (Phi) is 2.70. The molecule has 1 aromatic heterocycles. The number of aliphatic hydroxyl groups excluding tert-OH is 1. The Morgan fingerprint density at radius 3 is 2.54 bits per heavy atom.